The molecule has 0 saturated heterocycles. The summed E-state index contributed by atoms with van der Waals surface area (Å²) in [6, 6.07) is 41.1. The van der Waals surface area contributed by atoms with Crippen LogP contribution in [-0.2, 0) is 16.2 Å². The number of rotatable bonds is 4. The molecule has 296 valence electrons. The van der Waals surface area contributed by atoms with Gasteiger partial charge in [-0.25, -0.2) is 0 Å². The summed E-state index contributed by atoms with van der Waals surface area (Å²) >= 11 is 4.95. The van der Waals surface area contributed by atoms with E-state index in [1.807, 2.05) is 0 Å². The molecule has 60 heavy (non-hydrogen) atoms. The molecule has 6 aromatic rings. The molecule has 1 aliphatic heterocycles. The Labute approximate surface area is 364 Å². The Morgan fingerprint density at radius 3 is 2.02 bits per heavy atom. The summed E-state index contributed by atoms with van der Waals surface area (Å²) in [7, 11) is 7.81. The zero-order valence-electron chi connectivity index (χ0n) is 36.4. The van der Waals surface area contributed by atoms with Gasteiger partial charge in [-0.3, -0.25) is 0 Å². The first kappa shape index (κ1) is 38.9. The van der Waals surface area contributed by atoms with Gasteiger partial charge >= 0.3 is 0 Å². The lowest BCUT2D eigenvalue weighted by molar-refractivity contribution is 0.331. The second-order valence-corrected chi connectivity index (χ2v) is 20.0. The molecule has 0 fully saturated rings. The van der Waals surface area contributed by atoms with Gasteiger partial charge in [0, 0.05) is 38.4 Å². The molecule has 0 atom stereocenters. The molecule has 1 heterocycles. The Morgan fingerprint density at radius 2 is 1.28 bits per heavy atom. The summed E-state index contributed by atoms with van der Waals surface area (Å²) < 4.78 is 0. The van der Waals surface area contributed by atoms with Crippen molar-refractivity contribution in [1.82, 2.24) is 0 Å². The second kappa shape index (κ2) is 13.9. The molecule has 6 aromatic carbocycles. The van der Waals surface area contributed by atoms with Gasteiger partial charge in [0.1, 0.15) is 7.85 Å². The first-order valence-corrected chi connectivity index (χ1v) is 22.3. The highest BCUT2D eigenvalue weighted by atomic mass is 32.1. The molecular weight excluding hydrogens is 742 g/mol. The summed E-state index contributed by atoms with van der Waals surface area (Å²) in [4.78, 5) is 3.45. The molecule has 3 heteroatoms. The number of anilines is 2. The van der Waals surface area contributed by atoms with E-state index in [0.717, 1.165) is 63.4 Å². The van der Waals surface area contributed by atoms with Crippen LogP contribution in [-0.4, -0.2) is 7.85 Å². The Hall–Kier alpha value is -5.25. The molecule has 0 saturated carbocycles. The zero-order valence-corrected chi connectivity index (χ0v) is 37.3. The summed E-state index contributed by atoms with van der Waals surface area (Å²) in [6.45, 7) is 19.2. The predicted molar refractivity (Wildman–Crippen MR) is 261 cm³/mol. The standard InChI is InChI=1S/C57H54BNS/c1-34-29-47-48(56(5,6)28-27-55(47,3)4)32-42(34)51-35(2)59(50-26-24-39(60)31-43(50)37-19-13-10-14-20-37)54-52-41-21-15-16-22-46(41)57(7,8)49(52)33-45(53(54)58)40-25-23-38(30-44(40)51)36-17-11-9-12-18-36/h10-11,13-26,29-33,60H,9,12,27-28H2,1-8H3/b51-35-. The van der Waals surface area contributed by atoms with Crippen molar-refractivity contribution >= 4 is 48.5 Å². The van der Waals surface area contributed by atoms with Gasteiger partial charge in [0.2, 0.25) is 0 Å². The highest BCUT2D eigenvalue weighted by Gasteiger charge is 2.42. The molecule has 0 aromatic heterocycles. The minimum Gasteiger partial charge on any atom is -0.313 e. The highest BCUT2D eigenvalue weighted by Crippen LogP contribution is 2.57. The van der Waals surface area contributed by atoms with Crippen LogP contribution in [0.25, 0.3) is 44.5 Å². The van der Waals surface area contributed by atoms with Gasteiger partial charge in [-0.1, -0.05) is 144 Å². The van der Waals surface area contributed by atoms with Gasteiger partial charge in [-0.2, -0.15) is 0 Å². The van der Waals surface area contributed by atoms with E-state index < -0.39 is 0 Å². The van der Waals surface area contributed by atoms with Crippen LogP contribution >= 0.6 is 12.6 Å². The van der Waals surface area contributed by atoms with E-state index in [1.165, 1.54) is 78.8 Å². The molecule has 3 aliphatic carbocycles. The third-order valence-corrected chi connectivity index (χ3v) is 14.8. The Morgan fingerprint density at radius 1 is 0.583 bits per heavy atom. The first-order chi connectivity index (χ1) is 28.7. The molecule has 10 rings (SSSR count). The molecule has 2 radical (unpaired) electrons. The number of hydrogen-bond donors (Lipinski definition) is 1. The Balaban J connectivity index is 1.40. The minimum atomic E-state index is -0.239. The number of thiol groups is 1. The number of nitrogens with zero attached hydrogens (tertiary/aromatic N) is 1. The van der Waals surface area contributed by atoms with Gasteiger partial charge in [0.05, 0.1) is 5.69 Å². The van der Waals surface area contributed by atoms with E-state index in [4.69, 9.17) is 20.5 Å². The van der Waals surface area contributed by atoms with Crippen LogP contribution in [0.1, 0.15) is 119 Å². The molecular formula is C57H54BNS. The second-order valence-electron chi connectivity index (χ2n) is 19.5. The zero-order chi connectivity index (χ0) is 41.9. The molecule has 0 N–H and O–H groups in total. The van der Waals surface area contributed by atoms with Crippen molar-refractivity contribution in [3.05, 3.63) is 178 Å². The maximum atomic E-state index is 7.81. The van der Waals surface area contributed by atoms with Crippen molar-refractivity contribution in [2.24, 2.45) is 0 Å². The summed E-state index contributed by atoms with van der Waals surface area (Å²) in [6.07, 6.45) is 11.5. The maximum Gasteiger partial charge on any atom is 0.117 e. The fourth-order valence-electron chi connectivity index (χ4n) is 11.0. The largest absolute Gasteiger partial charge is 0.313 e. The number of aryl methyl sites for hydroxylation is 1. The fraction of sp³-hybridized carbons (Fsp3) is 0.263. The number of hydrogen-bond acceptors (Lipinski definition) is 2. The topological polar surface area (TPSA) is 3.24 Å². The van der Waals surface area contributed by atoms with Crippen LogP contribution in [0.4, 0.5) is 11.4 Å². The quantitative estimate of drug-likeness (QED) is 0.137. The highest BCUT2D eigenvalue weighted by molar-refractivity contribution is 7.80. The lowest BCUT2D eigenvalue weighted by atomic mass is 9.62. The minimum absolute atomic E-state index is 0.0409. The number of allylic oxidation sites excluding steroid dienone is 5. The van der Waals surface area contributed by atoms with Crippen molar-refractivity contribution in [1.29, 1.82) is 0 Å². The third kappa shape index (κ3) is 5.90. The lowest BCUT2D eigenvalue weighted by Gasteiger charge is -2.43. The van der Waals surface area contributed by atoms with E-state index in [1.54, 1.807) is 0 Å². The van der Waals surface area contributed by atoms with Crippen molar-refractivity contribution in [3.63, 3.8) is 0 Å². The fourth-order valence-corrected chi connectivity index (χ4v) is 11.2. The SMILES string of the molecule is [B]c1c2cc3c(c1N(c1ccc(S)cc1-c1ccccc1)/C(C)=C(/c1cc4c(cc1C)C(C)(C)CCC4(C)C)c1cc(C4=CCCC=C4)ccc1-2)-c1ccccc1C3(C)C. The van der Waals surface area contributed by atoms with E-state index in [9.17, 15) is 0 Å². The smallest absolute Gasteiger partial charge is 0.117 e. The van der Waals surface area contributed by atoms with Gasteiger partial charge in [0.25, 0.3) is 0 Å². The maximum absolute atomic E-state index is 7.81. The summed E-state index contributed by atoms with van der Waals surface area (Å²) in [5.74, 6) is 0. The normalized spacial score (nSPS) is 19.1. The molecule has 1 nitrogen and oxygen atoms in total. The third-order valence-electron chi connectivity index (χ3n) is 14.5. The van der Waals surface area contributed by atoms with Gasteiger partial charge in [-0.05, 0) is 153 Å². The lowest BCUT2D eigenvalue weighted by Crippen LogP contribution is -2.34. The molecule has 0 unspecified atom stereocenters. The number of fused-ring (bicyclic) bond motifs is 9. The average Bonchev–Trinajstić information content (AvgIpc) is 3.47. The van der Waals surface area contributed by atoms with E-state index in [0.29, 0.717) is 0 Å². The van der Waals surface area contributed by atoms with E-state index in [-0.39, 0.29) is 16.2 Å². The average molecular weight is 796 g/mol. The van der Waals surface area contributed by atoms with E-state index in [2.05, 4.69) is 188 Å². The van der Waals surface area contributed by atoms with Crippen LogP contribution in [0.3, 0.4) is 0 Å². The summed E-state index contributed by atoms with van der Waals surface area (Å²) in [5, 5.41) is 0. The van der Waals surface area contributed by atoms with Crippen LogP contribution in [0, 0.1) is 6.92 Å². The Kier molecular flexibility index (Phi) is 9.02. The molecule has 0 spiro atoms. The Bertz CT molecular complexity index is 2880. The molecule has 0 amide bonds. The molecule has 4 aliphatic rings. The van der Waals surface area contributed by atoms with Crippen molar-refractivity contribution in [3.8, 4) is 33.4 Å². The summed E-state index contributed by atoms with van der Waals surface area (Å²) in [5.41, 5.74) is 24.1. The van der Waals surface area contributed by atoms with Crippen molar-refractivity contribution < 1.29 is 0 Å². The van der Waals surface area contributed by atoms with Gasteiger partial charge < -0.3 is 4.90 Å². The monoisotopic (exact) mass is 795 g/mol. The van der Waals surface area contributed by atoms with E-state index >= 15 is 0 Å². The van der Waals surface area contributed by atoms with Gasteiger partial charge in [0.15, 0.2) is 0 Å². The van der Waals surface area contributed by atoms with Crippen LogP contribution in [0.15, 0.2) is 138 Å². The first-order valence-electron chi connectivity index (χ1n) is 21.8. The van der Waals surface area contributed by atoms with Gasteiger partial charge in [-0.15, -0.1) is 12.6 Å². The number of benzene rings is 6. The van der Waals surface area contributed by atoms with Crippen molar-refractivity contribution in [2.75, 3.05) is 4.90 Å². The van der Waals surface area contributed by atoms with Crippen LogP contribution in [0.2, 0.25) is 0 Å². The van der Waals surface area contributed by atoms with Crippen LogP contribution in [0.5, 0.6) is 0 Å². The molecule has 2 bridgehead atoms. The van der Waals surface area contributed by atoms with Crippen molar-refractivity contribution in [2.45, 2.75) is 102 Å². The predicted octanol–water partition coefficient (Wildman–Crippen LogP) is 14.7. The van der Waals surface area contributed by atoms with Crippen LogP contribution < -0.4 is 10.4 Å².